The molecular formula is C22H19BrF3N5O. The molecule has 32 heavy (non-hydrogen) atoms. The molecular weight excluding hydrogens is 487 g/mol. The molecule has 0 bridgehead atoms. The number of nitrogens with zero attached hydrogens (tertiary/aromatic N) is 5. The van der Waals surface area contributed by atoms with Gasteiger partial charge in [-0.2, -0.15) is 13.2 Å². The maximum atomic E-state index is 13.4. The van der Waals surface area contributed by atoms with Gasteiger partial charge in [-0.3, -0.25) is 9.36 Å². The van der Waals surface area contributed by atoms with Crippen molar-refractivity contribution in [3.05, 3.63) is 80.8 Å². The molecule has 0 amide bonds. The number of aromatic nitrogens is 5. The van der Waals surface area contributed by atoms with E-state index in [0.29, 0.717) is 12.1 Å². The van der Waals surface area contributed by atoms with Gasteiger partial charge in [0.2, 0.25) is 0 Å². The lowest BCUT2D eigenvalue weighted by molar-refractivity contribution is -0.136. The van der Waals surface area contributed by atoms with Crippen LogP contribution in [0.3, 0.4) is 0 Å². The summed E-state index contributed by atoms with van der Waals surface area (Å²) < 4.78 is 43.6. The van der Waals surface area contributed by atoms with Crippen molar-refractivity contribution in [3.8, 4) is 5.69 Å². The van der Waals surface area contributed by atoms with E-state index in [9.17, 15) is 18.0 Å². The van der Waals surface area contributed by atoms with Gasteiger partial charge >= 0.3 is 6.18 Å². The first-order valence-corrected chi connectivity index (χ1v) is 10.5. The van der Waals surface area contributed by atoms with Gasteiger partial charge < -0.3 is 4.57 Å². The number of halogens is 4. The highest BCUT2D eigenvalue weighted by atomic mass is 79.9. The third-order valence-corrected chi connectivity index (χ3v) is 5.90. The standard InChI is InChI=1S/C22H19BrF3N5O/c1-21(2,10-18-29-28-12-30(18)3)13-5-4-6-15(7-13)31-11-27-19-16(20(31)32)8-14(23)9-17(19)22(24,25)26/h4-9,11-12H,10H2,1-3H3. The molecule has 0 saturated heterocycles. The quantitative estimate of drug-likeness (QED) is 0.399. The Balaban J connectivity index is 1.81. The van der Waals surface area contributed by atoms with Crippen LogP contribution in [0, 0.1) is 0 Å². The van der Waals surface area contributed by atoms with Gasteiger partial charge in [-0.05, 0) is 35.2 Å². The Morgan fingerprint density at radius 3 is 2.50 bits per heavy atom. The molecule has 0 N–H and O–H groups in total. The van der Waals surface area contributed by atoms with Crippen molar-refractivity contribution in [1.29, 1.82) is 0 Å². The molecule has 0 aliphatic rings. The van der Waals surface area contributed by atoms with Crippen molar-refractivity contribution in [3.63, 3.8) is 0 Å². The zero-order valence-corrected chi connectivity index (χ0v) is 19.1. The largest absolute Gasteiger partial charge is 0.418 e. The van der Waals surface area contributed by atoms with Crippen LogP contribution in [-0.2, 0) is 25.1 Å². The highest BCUT2D eigenvalue weighted by Gasteiger charge is 2.34. The fraction of sp³-hybridized carbons (Fsp3) is 0.273. The van der Waals surface area contributed by atoms with Gasteiger partial charge in [0, 0.05) is 17.9 Å². The van der Waals surface area contributed by atoms with Gasteiger partial charge in [-0.25, -0.2) is 4.98 Å². The first kappa shape index (κ1) is 22.2. The van der Waals surface area contributed by atoms with Crippen molar-refractivity contribution < 1.29 is 13.2 Å². The topological polar surface area (TPSA) is 65.6 Å². The minimum absolute atomic E-state index is 0.113. The number of fused-ring (bicyclic) bond motifs is 1. The summed E-state index contributed by atoms with van der Waals surface area (Å²) in [6, 6.07) is 9.60. The summed E-state index contributed by atoms with van der Waals surface area (Å²) >= 11 is 3.07. The van der Waals surface area contributed by atoms with E-state index in [0.717, 1.165) is 23.8 Å². The second-order valence-corrected chi connectivity index (χ2v) is 9.15. The normalized spacial score (nSPS) is 12.5. The molecule has 0 atom stereocenters. The summed E-state index contributed by atoms with van der Waals surface area (Å²) in [4.78, 5) is 17.1. The Kier molecular flexibility index (Phi) is 5.44. The van der Waals surface area contributed by atoms with Crippen LogP contribution in [-0.4, -0.2) is 24.3 Å². The number of hydrogen-bond donors (Lipinski definition) is 0. The lowest BCUT2D eigenvalue weighted by Crippen LogP contribution is -2.24. The van der Waals surface area contributed by atoms with E-state index in [4.69, 9.17) is 0 Å². The van der Waals surface area contributed by atoms with Crippen LogP contribution in [0.15, 0.2) is 58.3 Å². The summed E-state index contributed by atoms with van der Waals surface area (Å²) in [5.74, 6) is 0.814. The number of hydrogen-bond acceptors (Lipinski definition) is 4. The summed E-state index contributed by atoms with van der Waals surface area (Å²) in [7, 11) is 1.87. The molecule has 0 unspecified atom stereocenters. The molecule has 2 heterocycles. The molecule has 166 valence electrons. The first-order chi connectivity index (χ1) is 15.0. The first-order valence-electron chi connectivity index (χ1n) is 9.69. The Hall–Kier alpha value is -3.01. The van der Waals surface area contributed by atoms with E-state index in [1.807, 2.05) is 29.8 Å². The van der Waals surface area contributed by atoms with Crippen molar-refractivity contribution in [2.24, 2.45) is 7.05 Å². The van der Waals surface area contributed by atoms with Crippen molar-refractivity contribution >= 4 is 26.8 Å². The summed E-state index contributed by atoms with van der Waals surface area (Å²) in [5, 5.41) is 7.94. The fourth-order valence-corrected chi connectivity index (χ4v) is 4.10. The lowest BCUT2D eigenvalue weighted by Gasteiger charge is -2.25. The predicted octanol–water partition coefficient (Wildman–Crippen LogP) is 4.82. The van der Waals surface area contributed by atoms with Crippen LogP contribution in [0.2, 0.25) is 0 Å². The van der Waals surface area contributed by atoms with Crippen LogP contribution < -0.4 is 5.56 Å². The summed E-state index contributed by atoms with van der Waals surface area (Å²) in [5.41, 5.74) is -0.788. The molecule has 0 spiro atoms. The maximum Gasteiger partial charge on any atom is 0.418 e. The Labute approximate surface area is 189 Å². The van der Waals surface area contributed by atoms with Crippen molar-refractivity contribution in [2.45, 2.75) is 31.9 Å². The molecule has 6 nitrogen and oxygen atoms in total. The van der Waals surface area contributed by atoms with Gasteiger partial charge in [-0.15, -0.1) is 10.2 Å². The minimum atomic E-state index is -4.63. The zero-order chi connectivity index (χ0) is 23.3. The number of alkyl halides is 3. The van der Waals surface area contributed by atoms with Crippen LogP contribution >= 0.6 is 15.9 Å². The van der Waals surface area contributed by atoms with Crippen LogP contribution in [0.4, 0.5) is 13.2 Å². The molecule has 0 radical (unpaired) electrons. The minimum Gasteiger partial charge on any atom is -0.321 e. The second-order valence-electron chi connectivity index (χ2n) is 8.24. The van der Waals surface area contributed by atoms with E-state index in [1.54, 1.807) is 12.4 Å². The average Bonchev–Trinajstić information content (AvgIpc) is 3.11. The molecule has 0 fully saturated rings. The van der Waals surface area contributed by atoms with Gasteiger partial charge in [0.25, 0.3) is 5.56 Å². The van der Waals surface area contributed by atoms with Crippen molar-refractivity contribution in [2.75, 3.05) is 0 Å². The van der Waals surface area contributed by atoms with E-state index < -0.39 is 17.3 Å². The van der Waals surface area contributed by atoms with Gasteiger partial charge in [-0.1, -0.05) is 41.9 Å². The molecule has 0 aliphatic heterocycles. The van der Waals surface area contributed by atoms with E-state index in [2.05, 4.69) is 45.0 Å². The Morgan fingerprint density at radius 1 is 1.09 bits per heavy atom. The number of aryl methyl sites for hydroxylation is 1. The molecule has 10 heteroatoms. The Morgan fingerprint density at radius 2 is 1.84 bits per heavy atom. The second kappa shape index (κ2) is 7.84. The average molecular weight is 506 g/mol. The highest BCUT2D eigenvalue weighted by Crippen LogP contribution is 2.35. The molecule has 2 aromatic carbocycles. The number of rotatable bonds is 4. The lowest BCUT2D eigenvalue weighted by atomic mass is 9.81. The van der Waals surface area contributed by atoms with E-state index >= 15 is 0 Å². The maximum absolute atomic E-state index is 13.4. The molecule has 2 aromatic heterocycles. The van der Waals surface area contributed by atoms with Crippen LogP contribution in [0.5, 0.6) is 0 Å². The molecule has 0 saturated carbocycles. The summed E-state index contributed by atoms with van der Waals surface area (Å²) in [6.45, 7) is 4.10. The third-order valence-electron chi connectivity index (χ3n) is 5.44. The summed E-state index contributed by atoms with van der Waals surface area (Å²) in [6.07, 6.45) is -1.24. The van der Waals surface area contributed by atoms with Crippen LogP contribution in [0.25, 0.3) is 16.6 Å². The predicted molar refractivity (Wildman–Crippen MR) is 118 cm³/mol. The monoisotopic (exact) mass is 505 g/mol. The van der Waals surface area contributed by atoms with Crippen LogP contribution in [0.1, 0.15) is 30.8 Å². The Bertz CT molecular complexity index is 1370. The van der Waals surface area contributed by atoms with E-state index in [-0.39, 0.29) is 20.8 Å². The van der Waals surface area contributed by atoms with Gasteiger partial charge in [0.05, 0.1) is 22.2 Å². The smallest absolute Gasteiger partial charge is 0.321 e. The number of benzene rings is 2. The fourth-order valence-electron chi connectivity index (χ4n) is 3.64. The molecule has 4 aromatic rings. The van der Waals surface area contributed by atoms with Gasteiger partial charge in [0.1, 0.15) is 18.5 Å². The zero-order valence-electron chi connectivity index (χ0n) is 17.5. The van der Waals surface area contributed by atoms with Gasteiger partial charge in [0.15, 0.2) is 0 Å². The highest BCUT2D eigenvalue weighted by molar-refractivity contribution is 9.10. The molecule has 0 aliphatic carbocycles. The van der Waals surface area contributed by atoms with Crippen molar-refractivity contribution in [1.82, 2.24) is 24.3 Å². The third kappa shape index (κ3) is 4.06. The van der Waals surface area contributed by atoms with E-state index in [1.165, 1.54) is 10.6 Å². The molecule has 4 rings (SSSR count). The SMILES string of the molecule is Cn1cnnc1CC(C)(C)c1cccc(-n2cnc3c(C(F)(F)F)cc(Br)cc3c2=O)c1.